The van der Waals surface area contributed by atoms with Crippen LogP contribution in [-0.4, -0.2) is 76.0 Å². The van der Waals surface area contributed by atoms with Gasteiger partial charge in [0.05, 0.1) is 26.7 Å². The number of nitrogens with one attached hydrogen (secondary N) is 6. The summed E-state index contributed by atoms with van der Waals surface area (Å²) in [7, 11) is 0. The zero-order chi connectivity index (χ0) is 12.5. The van der Waals surface area contributed by atoms with Gasteiger partial charge in [0.1, 0.15) is 0 Å². The SMILES string of the molecule is C1CNCN2CNCCNCN(CN1)NCCN2. The van der Waals surface area contributed by atoms with Crippen LogP contribution in [0.4, 0.5) is 0 Å². The third-order valence-electron chi connectivity index (χ3n) is 2.96. The van der Waals surface area contributed by atoms with E-state index >= 15 is 0 Å². The minimum atomic E-state index is 0.853. The number of fused-ring (bicyclic) bond motifs is 5. The fraction of sp³-hybridized carbons (Fsp3) is 1.00. The quantitative estimate of drug-likeness (QED) is 0.271. The zero-order valence-electron chi connectivity index (χ0n) is 11.0. The van der Waals surface area contributed by atoms with Crippen molar-refractivity contribution in [2.45, 2.75) is 0 Å². The first kappa shape index (κ1) is 14.1. The van der Waals surface area contributed by atoms with Crippen molar-refractivity contribution < 1.29 is 0 Å². The molecule has 2 saturated heterocycles. The summed E-state index contributed by atoms with van der Waals surface area (Å²) < 4.78 is 0. The molecular weight excluding hydrogens is 232 g/mol. The van der Waals surface area contributed by atoms with E-state index in [4.69, 9.17) is 0 Å². The van der Waals surface area contributed by atoms with Gasteiger partial charge >= 0.3 is 0 Å². The van der Waals surface area contributed by atoms with Crippen LogP contribution in [0.3, 0.4) is 0 Å². The predicted octanol–water partition coefficient (Wildman–Crippen LogP) is -3.18. The van der Waals surface area contributed by atoms with Crippen molar-refractivity contribution in [3.63, 3.8) is 0 Å². The van der Waals surface area contributed by atoms with E-state index in [1.54, 1.807) is 0 Å². The largest absolute Gasteiger partial charge is 0.302 e. The Labute approximate surface area is 109 Å². The fourth-order valence-corrected chi connectivity index (χ4v) is 1.97. The zero-order valence-corrected chi connectivity index (χ0v) is 11.0. The monoisotopic (exact) mass is 258 g/mol. The van der Waals surface area contributed by atoms with E-state index in [9.17, 15) is 0 Å². The molecule has 0 unspecified atom stereocenters. The Morgan fingerprint density at radius 3 is 1.11 bits per heavy atom. The molecule has 0 aromatic heterocycles. The van der Waals surface area contributed by atoms with Crippen molar-refractivity contribution in [2.75, 3.05) is 65.9 Å². The number of hydrazine groups is 2. The average Bonchev–Trinajstić information content (AvgIpc) is 2.36. The van der Waals surface area contributed by atoms with Gasteiger partial charge in [-0.05, 0) is 0 Å². The third-order valence-corrected chi connectivity index (χ3v) is 2.96. The molecule has 6 N–H and O–H groups in total. The summed E-state index contributed by atoms with van der Waals surface area (Å²) in [5, 5.41) is 18.0. The van der Waals surface area contributed by atoms with Crippen molar-refractivity contribution in [3.8, 4) is 0 Å². The second-order valence-electron chi connectivity index (χ2n) is 4.53. The van der Waals surface area contributed by atoms with Crippen LogP contribution in [0.1, 0.15) is 0 Å². The van der Waals surface area contributed by atoms with Gasteiger partial charge in [-0.25, -0.2) is 10.0 Å². The highest BCUT2D eigenvalue weighted by atomic mass is 15.6. The Kier molecular flexibility index (Phi) is 6.83. The van der Waals surface area contributed by atoms with Gasteiger partial charge in [-0.2, -0.15) is 0 Å². The lowest BCUT2D eigenvalue weighted by molar-refractivity contribution is 0.118. The number of rotatable bonds is 0. The van der Waals surface area contributed by atoms with E-state index in [1.165, 1.54) is 0 Å². The summed E-state index contributed by atoms with van der Waals surface area (Å²) >= 11 is 0. The molecule has 0 aromatic rings. The molecular formula is C10H26N8. The van der Waals surface area contributed by atoms with Crippen LogP contribution in [-0.2, 0) is 0 Å². The minimum Gasteiger partial charge on any atom is -0.302 e. The van der Waals surface area contributed by atoms with Crippen molar-refractivity contribution in [3.05, 3.63) is 0 Å². The highest BCUT2D eigenvalue weighted by molar-refractivity contribution is 4.61. The molecule has 0 atom stereocenters. The average molecular weight is 258 g/mol. The van der Waals surface area contributed by atoms with Crippen LogP contribution in [0.25, 0.3) is 0 Å². The maximum Gasteiger partial charge on any atom is 0.0636 e. The van der Waals surface area contributed by atoms with Crippen molar-refractivity contribution >= 4 is 0 Å². The van der Waals surface area contributed by atoms with Gasteiger partial charge in [0, 0.05) is 39.3 Å². The minimum absolute atomic E-state index is 0.853. The first-order valence-corrected chi connectivity index (χ1v) is 6.75. The molecule has 8 heteroatoms. The van der Waals surface area contributed by atoms with E-state index in [2.05, 4.69) is 42.1 Å². The summed E-state index contributed by atoms with van der Waals surface area (Å²) in [5.74, 6) is 0. The van der Waals surface area contributed by atoms with Gasteiger partial charge in [-0.15, -0.1) is 0 Å². The first-order chi connectivity index (χ1) is 8.95. The molecule has 8 nitrogen and oxygen atoms in total. The van der Waals surface area contributed by atoms with Crippen molar-refractivity contribution in [1.82, 2.24) is 42.1 Å². The fourth-order valence-electron chi connectivity index (χ4n) is 1.97. The Bertz CT molecular complexity index is 176. The van der Waals surface area contributed by atoms with Gasteiger partial charge in [-0.1, -0.05) is 0 Å². The van der Waals surface area contributed by atoms with Crippen LogP contribution in [0.5, 0.6) is 0 Å². The Morgan fingerprint density at radius 2 is 0.778 bits per heavy atom. The highest BCUT2D eigenvalue weighted by Gasteiger charge is 2.08. The molecule has 0 radical (unpaired) electrons. The lowest BCUT2D eigenvalue weighted by Crippen LogP contribution is -2.57. The van der Waals surface area contributed by atoms with Gasteiger partial charge in [-0.3, -0.25) is 10.9 Å². The summed E-state index contributed by atoms with van der Waals surface area (Å²) in [5.41, 5.74) is 6.84. The van der Waals surface area contributed by atoms with Crippen molar-refractivity contribution in [2.24, 2.45) is 0 Å². The molecule has 0 spiro atoms. The molecule has 106 valence electrons. The molecule has 2 heterocycles. The molecule has 2 bridgehead atoms. The van der Waals surface area contributed by atoms with E-state index < -0.39 is 0 Å². The predicted molar refractivity (Wildman–Crippen MR) is 71.2 cm³/mol. The molecule has 2 fully saturated rings. The molecule has 18 heavy (non-hydrogen) atoms. The molecule has 2 aliphatic rings. The van der Waals surface area contributed by atoms with Crippen LogP contribution < -0.4 is 32.1 Å². The first-order valence-electron chi connectivity index (χ1n) is 6.75. The maximum absolute atomic E-state index is 3.42. The second kappa shape index (κ2) is 8.73. The second-order valence-corrected chi connectivity index (χ2v) is 4.53. The Morgan fingerprint density at radius 1 is 0.444 bits per heavy atom. The summed E-state index contributed by atoms with van der Waals surface area (Å²) in [6.07, 6.45) is 0. The van der Waals surface area contributed by atoms with Crippen LogP contribution >= 0.6 is 0 Å². The normalized spacial score (nSPS) is 33.3. The summed E-state index contributed by atoms with van der Waals surface area (Å²) in [4.78, 5) is 0. The molecule has 0 aromatic carbocycles. The van der Waals surface area contributed by atoms with Gasteiger partial charge in [0.2, 0.25) is 0 Å². The number of hydrogen-bond donors (Lipinski definition) is 6. The summed E-state index contributed by atoms with van der Waals surface area (Å²) in [6, 6.07) is 0. The topological polar surface area (TPSA) is 78.7 Å². The van der Waals surface area contributed by atoms with Crippen molar-refractivity contribution in [1.29, 1.82) is 0 Å². The smallest absolute Gasteiger partial charge is 0.0636 e. The van der Waals surface area contributed by atoms with E-state index in [0.29, 0.717) is 0 Å². The third kappa shape index (κ3) is 5.55. The molecule has 0 aliphatic carbocycles. The Balaban J connectivity index is 1.89. The number of hydrogen-bond acceptors (Lipinski definition) is 8. The lowest BCUT2D eigenvalue weighted by Gasteiger charge is -2.29. The van der Waals surface area contributed by atoms with E-state index in [1.807, 2.05) is 0 Å². The lowest BCUT2D eigenvalue weighted by atomic mass is 10.5. The van der Waals surface area contributed by atoms with Gasteiger partial charge in [0.15, 0.2) is 0 Å². The standard InChI is InChI=1S/C10H26N8/c1-2-12-8-18-10-14-4-3-13-9-17(7-11-1)15-5-6-16-18/h11-16H,1-10H2. The van der Waals surface area contributed by atoms with E-state index in [0.717, 1.165) is 65.9 Å². The summed E-state index contributed by atoms with van der Waals surface area (Å²) in [6.45, 7) is 9.13. The molecule has 0 amide bonds. The molecule has 0 saturated carbocycles. The maximum atomic E-state index is 3.42. The van der Waals surface area contributed by atoms with Gasteiger partial charge < -0.3 is 21.3 Å². The van der Waals surface area contributed by atoms with Crippen LogP contribution in [0.2, 0.25) is 0 Å². The number of nitrogens with zero attached hydrogens (tertiary/aromatic N) is 2. The van der Waals surface area contributed by atoms with Crippen LogP contribution in [0, 0.1) is 0 Å². The highest BCUT2D eigenvalue weighted by Crippen LogP contribution is 1.82. The van der Waals surface area contributed by atoms with E-state index in [-0.39, 0.29) is 0 Å². The molecule has 2 aliphatic heterocycles. The Hall–Kier alpha value is -0.320. The van der Waals surface area contributed by atoms with Crippen LogP contribution in [0.15, 0.2) is 0 Å². The van der Waals surface area contributed by atoms with Gasteiger partial charge in [0.25, 0.3) is 0 Å². The molecule has 2 rings (SSSR count).